The number of hydrogen-bond acceptors (Lipinski definition) is 5. The number of hydrogen-bond donors (Lipinski definition) is 1. The molecule has 1 N–H and O–H groups in total. The highest BCUT2D eigenvalue weighted by molar-refractivity contribution is 5.76. The predicted molar refractivity (Wildman–Crippen MR) is 80.1 cm³/mol. The maximum absolute atomic E-state index is 11.7. The van der Waals surface area contributed by atoms with Crippen molar-refractivity contribution in [1.82, 2.24) is 15.0 Å². The molecule has 0 spiro atoms. The van der Waals surface area contributed by atoms with Crippen molar-refractivity contribution in [3.05, 3.63) is 11.7 Å². The van der Waals surface area contributed by atoms with E-state index < -0.39 is 11.4 Å². The fourth-order valence-corrected chi connectivity index (χ4v) is 3.93. The van der Waals surface area contributed by atoms with Crippen LogP contribution in [0.3, 0.4) is 0 Å². The Kier molecular flexibility index (Phi) is 4.21. The van der Waals surface area contributed by atoms with Crippen LogP contribution in [0.15, 0.2) is 4.52 Å². The Morgan fingerprint density at radius 3 is 3.05 bits per heavy atom. The molecule has 0 aromatic carbocycles. The normalized spacial score (nSPS) is 28.4. The van der Waals surface area contributed by atoms with E-state index in [1.807, 2.05) is 0 Å². The van der Waals surface area contributed by atoms with Crippen LogP contribution in [0.1, 0.15) is 51.2 Å². The van der Waals surface area contributed by atoms with Crippen molar-refractivity contribution in [3.63, 3.8) is 0 Å². The maximum atomic E-state index is 11.7. The zero-order valence-corrected chi connectivity index (χ0v) is 13.4. The third-order valence-electron chi connectivity index (χ3n) is 5.18. The van der Waals surface area contributed by atoms with Gasteiger partial charge in [0.15, 0.2) is 5.82 Å². The highest BCUT2D eigenvalue weighted by Crippen LogP contribution is 2.49. The smallest absolute Gasteiger partial charge is 0.311 e. The lowest BCUT2D eigenvalue weighted by molar-refractivity contribution is -0.149. The van der Waals surface area contributed by atoms with Crippen molar-refractivity contribution in [2.75, 3.05) is 13.1 Å². The van der Waals surface area contributed by atoms with Crippen molar-refractivity contribution in [2.24, 2.45) is 17.3 Å². The summed E-state index contributed by atoms with van der Waals surface area (Å²) in [4.78, 5) is 18.3. The Morgan fingerprint density at radius 2 is 2.36 bits per heavy atom. The summed E-state index contributed by atoms with van der Waals surface area (Å²) in [6, 6.07) is 0. The molecule has 1 saturated heterocycles. The molecule has 2 heterocycles. The zero-order valence-electron chi connectivity index (χ0n) is 13.4. The van der Waals surface area contributed by atoms with Crippen LogP contribution in [0.25, 0.3) is 0 Å². The lowest BCUT2D eigenvalue weighted by atomic mass is 9.81. The molecule has 122 valence electrons. The minimum absolute atomic E-state index is 0.272. The molecule has 1 aliphatic carbocycles. The van der Waals surface area contributed by atoms with Crippen LogP contribution in [-0.2, 0) is 17.8 Å². The number of carbonyl (C=O) groups is 1. The van der Waals surface area contributed by atoms with Crippen molar-refractivity contribution in [1.29, 1.82) is 0 Å². The summed E-state index contributed by atoms with van der Waals surface area (Å²) >= 11 is 0. The van der Waals surface area contributed by atoms with Gasteiger partial charge in [0, 0.05) is 19.5 Å². The summed E-state index contributed by atoms with van der Waals surface area (Å²) in [7, 11) is 0. The van der Waals surface area contributed by atoms with Gasteiger partial charge in [-0.2, -0.15) is 4.98 Å². The number of fused-ring (bicyclic) bond motifs is 1. The van der Waals surface area contributed by atoms with E-state index in [0.717, 1.165) is 44.5 Å². The number of aliphatic carboxylic acids is 1. The molecule has 0 amide bonds. The van der Waals surface area contributed by atoms with Gasteiger partial charge in [0.1, 0.15) is 0 Å². The fourth-order valence-electron chi connectivity index (χ4n) is 3.93. The summed E-state index contributed by atoms with van der Waals surface area (Å²) in [6.45, 7) is 6.36. The van der Waals surface area contributed by atoms with E-state index in [0.29, 0.717) is 24.9 Å². The number of aryl methyl sites for hydroxylation is 1. The standard InChI is InChI=1S/C16H25N3O3/c1-11(2)5-6-13-17-14(22-18-13)9-19-8-12-4-3-7-16(12,10-19)15(20)21/h11-12H,3-10H2,1-2H3,(H,20,21)/t12-,16+/m0/s1. The lowest BCUT2D eigenvalue weighted by Gasteiger charge is -2.23. The zero-order chi connectivity index (χ0) is 15.7. The number of aromatic nitrogens is 2. The van der Waals surface area contributed by atoms with E-state index in [-0.39, 0.29) is 5.92 Å². The van der Waals surface area contributed by atoms with Crippen molar-refractivity contribution >= 4 is 5.97 Å². The van der Waals surface area contributed by atoms with E-state index in [9.17, 15) is 9.90 Å². The van der Waals surface area contributed by atoms with E-state index in [4.69, 9.17) is 4.52 Å². The Labute approximate surface area is 130 Å². The number of carboxylic acid groups (broad SMARTS) is 1. The van der Waals surface area contributed by atoms with Gasteiger partial charge in [-0.25, -0.2) is 0 Å². The van der Waals surface area contributed by atoms with Gasteiger partial charge in [-0.3, -0.25) is 9.69 Å². The van der Waals surface area contributed by atoms with Gasteiger partial charge in [0.05, 0.1) is 12.0 Å². The Morgan fingerprint density at radius 1 is 1.55 bits per heavy atom. The third kappa shape index (κ3) is 2.89. The molecule has 6 nitrogen and oxygen atoms in total. The van der Waals surface area contributed by atoms with E-state index >= 15 is 0 Å². The monoisotopic (exact) mass is 307 g/mol. The van der Waals surface area contributed by atoms with Crippen LogP contribution in [0.2, 0.25) is 0 Å². The molecular formula is C16H25N3O3. The Bertz CT molecular complexity index is 542. The van der Waals surface area contributed by atoms with Crippen molar-refractivity contribution < 1.29 is 14.4 Å². The average Bonchev–Trinajstić information content (AvgIpc) is 3.10. The fraction of sp³-hybridized carbons (Fsp3) is 0.812. The molecule has 0 bridgehead atoms. The molecular weight excluding hydrogens is 282 g/mol. The molecule has 6 heteroatoms. The SMILES string of the molecule is CC(C)CCc1noc(CN2C[C@@H]3CCC[C@@]3(C(=O)O)C2)n1. The van der Waals surface area contributed by atoms with Crippen LogP contribution >= 0.6 is 0 Å². The van der Waals surface area contributed by atoms with Crippen LogP contribution in [0, 0.1) is 17.3 Å². The van der Waals surface area contributed by atoms with Crippen LogP contribution < -0.4 is 0 Å². The van der Waals surface area contributed by atoms with Crippen LogP contribution in [0.4, 0.5) is 0 Å². The molecule has 3 rings (SSSR count). The summed E-state index contributed by atoms with van der Waals surface area (Å²) in [5.41, 5.74) is -0.541. The molecule has 2 fully saturated rings. The average molecular weight is 307 g/mol. The minimum atomic E-state index is -0.638. The Balaban J connectivity index is 1.60. The third-order valence-corrected chi connectivity index (χ3v) is 5.18. The summed E-state index contributed by atoms with van der Waals surface area (Å²) in [5.74, 6) is 1.62. The summed E-state index contributed by atoms with van der Waals surface area (Å²) in [6.07, 6.45) is 4.74. The van der Waals surface area contributed by atoms with Crippen LogP contribution in [-0.4, -0.2) is 39.2 Å². The largest absolute Gasteiger partial charge is 0.481 e. The first-order valence-corrected chi connectivity index (χ1v) is 8.27. The maximum Gasteiger partial charge on any atom is 0.311 e. The van der Waals surface area contributed by atoms with Gasteiger partial charge < -0.3 is 9.63 Å². The lowest BCUT2D eigenvalue weighted by Crippen LogP contribution is -2.35. The molecule has 1 saturated carbocycles. The van der Waals surface area contributed by atoms with E-state index in [1.165, 1.54) is 0 Å². The molecule has 0 radical (unpaired) electrons. The number of carboxylic acids is 1. The van der Waals surface area contributed by atoms with Crippen molar-refractivity contribution in [2.45, 2.75) is 52.5 Å². The predicted octanol–water partition coefficient (Wildman–Crippen LogP) is 2.34. The molecule has 2 aliphatic rings. The second-order valence-corrected chi connectivity index (χ2v) is 7.26. The van der Waals surface area contributed by atoms with E-state index in [2.05, 4.69) is 28.9 Å². The van der Waals surface area contributed by atoms with Crippen molar-refractivity contribution in [3.8, 4) is 0 Å². The first-order valence-electron chi connectivity index (χ1n) is 8.27. The first kappa shape index (κ1) is 15.5. The molecule has 1 aromatic heterocycles. The van der Waals surface area contributed by atoms with Gasteiger partial charge >= 0.3 is 5.97 Å². The topological polar surface area (TPSA) is 79.5 Å². The first-order chi connectivity index (χ1) is 10.5. The van der Waals surface area contributed by atoms with Gasteiger partial charge in [-0.05, 0) is 31.1 Å². The van der Waals surface area contributed by atoms with Gasteiger partial charge in [-0.15, -0.1) is 0 Å². The highest BCUT2D eigenvalue weighted by Gasteiger charge is 2.54. The second-order valence-electron chi connectivity index (χ2n) is 7.26. The minimum Gasteiger partial charge on any atom is -0.481 e. The summed E-state index contributed by atoms with van der Waals surface area (Å²) < 4.78 is 5.32. The second kappa shape index (κ2) is 5.99. The number of rotatable bonds is 6. The van der Waals surface area contributed by atoms with E-state index in [1.54, 1.807) is 0 Å². The molecule has 1 aliphatic heterocycles. The molecule has 1 aromatic rings. The molecule has 0 unspecified atom stereocenters. The van der Waals surface area contributed by atoms with Crippen LogP contribution in [0.5, 0.6) is 0 Å². The molecule has 22 heavy (non-hydrogen) atoms. The highest BCUT2D eigenvalue weighted by atomic mass is 16.5. The van der Waals surface area contributed by atoms with Gasteiger partial charge in [0.2, 0.25) is 5.89 Å². The Hall–Kier alpha value is -1.43. The number of likely N-dealkylation sites (tertiary alicyclic amines) is 1. The van der Waals surface area contributed by atoms with Gasteiger partial charge in [-0.1, -0.05) is 25.4 Å². The number of nitrogens with zero attached hydrogens (tertiary/aromatic N) is 3. The molecule has 2 atom stereocenters. The summed E-state index contributed by atoms with van der Waals surface area (Å²) in [5, 5.41) is 13.6. The van der Waals surface area contributed by atoms with Gasteiger partial charge in [0.25, 0.3) is 0 Å². The quantitative estimate of drug-likeness (QED) is 0.869.